The number of hydrogen-bond acceptors (Lipinski definition) is 2. The number of anilines is 1. The number of amides is 2. The fraction of sp³-hybridized carbons (Fsp3) is 0.133. The maximum atomic E-state index is 12.0. The molecule has 4 nitrogen and oxygen atoms in total. The zero-order valence-corrected chi connectivity index (χ0v) is 12.4. The van der Waals surface area contributed by atoms with Crippen LogP contribution in [0.2, 0.25) is 5.02 Å². The normalized spacial score (nSPS) is 11.0. The minimum atomic E-state index is -4.75. The summed E-state index contributed by atoms with van der Waals surface area (Å²) < 4.78 is 39.8. The Morgan fingerprint density at radius 1 is 1.09 bits per heavy atom. The lowest BCUT2D eigenvalue weighted by atomic mass is 10.2. The SMILES string of the molecule is O=C(NCc1ccccc1Cl)Nc1ccc(OC(F)(F)F)cc1. The molecular weight excluding hydrogens is 333 g/mol. The Morgan fingerprint density at radius 3 is 2.35 bits per heavy atom. The lowest BCUT2D eigenvalue weighted by Gasteiger charge is -2.11. The van der Waals surface area contributed by atoms with Gasteiger partial charge in [-0.25, -0.2) is 4.79 Å². The van der Waals surface area contributed by atoms with Crippen molar-refractivity contribution >= 4 is 23.3 Å². The van der Waals surface area contributed by atoms with E-state index in [9.17, 15) is 18.0 Å². The second-order valence-electron chi connectivity index (χ2n) is 4.47. The average Bonchev–Trinajstić information content (AvgIpc) is 2.47. The summed E-state index contributed by atoms with van der Waals surface area (Å²) in [6.45, 7) is 0.223. The predicted octanol–water partition coefficient (Wildman–Crippen LogP) is 4.56. The molecule has 0 unspecified atom stereocenters. The van der Waals surface area contributed by atoms with Crippen LogP contribution in [-0.2, 0) is 6.54 Å². The van der Waals surface area contributed by atoms with E-state index in [-0.39, 0.29) is 12.3 Å². The number of benzene rings is 2. The van der Waals surface area contributed by atoms with E-state index in [2.05, 4.69) is 15.4 Å². The van der Waals surface area contributed by atoms with Gasteiger partial charge in [0.1, 0.15) is 5.75 Å². The molecule has 0 fully saturated rings. The van der Waals surface area contributed by atoms with Gasteiger partial charge in [0, 0.05) is 17.3 Å². The van der Waals surface area contributed by atoms with E-state index in [1.54, 1.807) is 24.3 Å². The molecular formula is C15H12ClF3N2O2. The van der Waals surface area contributed by atoms with E-state index in [0.29, 0.717) is 10.7 Å². The Hall–Kier alpha value is -2.41. The summed E-state index contributed by atoms with van der Waals surface area (Å²) in [5, 5.41) is 5.62. The number of carbonyl (C=O) groups excluding carboxylic acids is 1. The van der Waals surface area contributed by atoms with Crippen molar-refractivity contribution in [3.05, 3.63) is 59.1 Å². The van der Waals surface area contributed by atoms with Crippen LogP contribution in [0.4, 0.5) is 23.7 Å². The van der Waals surface area contributed by atoms with Crippen molar-refractivity contribution in [3.8, 4) is 5.75 Å². The van der Waals surface area contributed by atoms with E-state index in [1.807, 2.05) is 0 Å². The first kappa shape index (κ1) is 17.0. The van der Waals surface area contributed by atoms with E-state index >= 15 is 0 Å². The summed E-state index contributed by atoms with van der Waals surface area (Å²) in [6.07, 6.45) is -4.75. The molecule has 0 saturated carbocycles. The smallest absolute Gasteiger partial charge is 0.406 e. The third kappa shape index (κ3) is 5.71. The van der Waals surface area contributed by atoms with Gasteiger partial charge in [-0.3, -0.25) is 0 Å². The molecule has 23 heavy (non-hydrogen) atoms. The van der Waals surface area contributed by atoms with Gasteiger partial charge in [0.25, 0.3) is 0 Å². The van der Waals surface area contributed by atoms with E-state index in [1.165, 1.54) is 12.1 Å². The van der Waals surface area contributed by atoms with Gasteiger partial charge in [0.05, 0.1) is 0 Å². The van der Waals surface area contributed by atoms with Crippen LogP contribution in [0.15, 0.2) is 48.5 Å². The maximum absolute atomic E-state index is 12.0. The number of ether oxygens (including phenoxy) is 1. The van der Waals surface area contributed by atoms with Crippen LogP contribution < -0.4 is 15.4 Å². The predicted molar refractivity (Wildman–Crippen MR) is 80.4 cm³/mol. The molecule has 2 amide bonds. The third-order valence-corrected chi connectivity index (χ3v) is 3.11. The van der Waals surface area contributed by atoms with E-state index in [4.69, 9.17) is 11.6 Å². The van der Waals surface area contributed by atoms with Crippen molar-refractivity contribution < 1.29 is 22.7 Å². The molecule has 2 N–H and O–H groups in total. The fourth-order valence-electron chi connectivity index (χ4n) is 1.73. The summed E-state index contributed by atoms with van der Waals surface area (Å²) in [5.41, 5.74) is 1.08. The maximum Gasteiger partial charge on any atom is 0.573 e. The van der Waals surface area contributed by atoms with Gasteiger partial charge >= 0.3 is 12.4 Å². The fourth-order valence-corrected chi connectivity index (χ4v) is 1.94. The highest BCUT2D eigenvalue weighted by atomic mass is 35.5. The minimum Gasteiger partial charge on any atom is -0.406 e. The van der Waals surface area contributed by atoms with Gasteiger partial charge in [-0.2, -0.15) is 0 Å². The van der Waals surface area contributed by atoms with Gasteiger partial charge in [-0.05, 0) is 35.9 Å². The van der Waals surface area contributed by atoms with Gasteiger partial charge < -0.3 is 15.4 Å². The Morgan fingerprint density at radius 2 is 1.74 bits per heavy atom. The third-order valence-electron chi connectivity index (χ3n) is 2.74. The molecule has 0 spiro atoms. The average molecular weight is 345 g/mol. The summed E-state index contributed by atoms with van der Waals surface area (Å²) in [4.78, 5) is 11.7. The molecule has 0 heterocycles. The molecule has 122 valence electrons. The van der Waals surface area contributed by atoms with Gasteiger partial charge in [-0.1, -0.05) is 29.8 Å². The molecule has 2 aromatic rings. The lowest BCUT2D eigenvalue weighted by Crippen LogP contribution is -2.28. The second kappa shape index (κ2) is 7.23. The van der Waals surface area contributed by atoms with Crippen LogP contribution in [0, 0.1) is 0 Å². The van der Waals surface area contributed by atoms with Crippen molar-refractivity contribution in [1.29, 1.82) is 0 Å². The zero-order valence-electron chi connectivity index (χ0n) is 11.7. The molecule has 0 aromatic heterocycles. The number of urea groups is 1. The zero-order chi connectivity index (χ0) is 16.9. The molecule has 0 bridgehead atoms. The van der Waals surface area contributed by atoms with Crippen molar-refractivity contribution in [3.63, 3.8) is 0 Å². The highest BCUT2D eigenvalue weighted by Crippen LogP contribution is 2.23. The number of nitrogens with one attached hydrogen (secondary N) is 2. The molecule has 0 aliphatic carbocycles. The highest BCUT2D eigenvalue weighted by Gasteiger charge is 2.30. The summed E-state index contributed by atoms with van der Waals surface area (Å²) in [5.74, 6) is -0.362. The summed E-state index contributed by atoms with van der Waals surface area (Å²) in [7, 11) is 0. The van der Waals surface area contributed by atoms with Crippen LogP contribution in [0.1, 0.15) is 5.56 Å². The number of alkyl halides is 3. The number of carbonyl (C=O) groups is 1. The monoisotopic (exact) mass is 344 g/mol. The highest BCUT2D eigenvalue weighted by molar-refractivity contribution is 6.31. The first-order valence-electron chi connectivity index (χ1n) is 6.47. The van der Waals surface area contributed by atoms with Crippen molar-refractivity contribution in [2.75, 3.05) is 5.32 Å². The van der Waals surface area contributed by atoms with Crippen LogP contribution in [0.5, 0.6) is 5.75 Å². The van der Waals surface area contributed by atoms with Crippen LogP contribution >= 0.6 is 11.6 Å². The first-order valence-corrected chi connectivity index (χ1v) is 6.85. The van der Waals surface area contributed by atoms with Crippen molar-refractivity contribution in [2.45, 2.75) is 12.9 Å². The molecule has 8 heteroatoms. The van der Waals surface area contributed by atoms with Crippen molar-refractivity contribution in [2.24, 2.45) is 0 Å². The molecule has 2 aromatic carbocycles. The number of halogens is 4. The molecule has 0 aliphatic heterocycles. The molecule has 2 rings (SSSR count). The van der Waals surface area contributed by atoms with Crippen LogP contribution in [0.25, 0.3) is 0 Å². The summed E-state index contributed by atoms with van der Waals surface area (Å²) in [6, 6.07) is 11.4. The standard InChI is InChI=1S/C15H12ClF3N2O2/c16-13-4-2-1-3-10(13)9-20-14(22)21-11-5-7-12(8-6-11)23-15(17,18)19/h1-8H,9H2,(H2,20,21,22). The van der Waals surface area contributed by atoms with E-state index < -0.39 is 12.4 Å². The van der Waals surface area contributed by atoms with Crippen LogP contribution in [-0.4, -0.2) is 12.4 Å². The topological polar surface area (TPSA) is 50.4 Å². The van der Waals surface area contributed by atoms with Gasteiger partial charge in [-0.15, -0.1) is 13.2 Å². The second-order valence-corrected chi connectivity index (χ2v) is 4.88. The van der Waals surface area contributed by atoms with Gasteiger partial charge in [0.2, 0.25) is 0 Å². The molecule has 0 radical (unpaired) electrons. The molecule has 0 aliphatic rings. The van der Waals surface area contributed by atoms with Crippen molar-refractivity contribution in [1.82, 2.24) is 5.32 Å². The molecule has 0 saturated heterocycles. The molecule has 0 atom stereocenters. The number of rotatable bonds is 4. The Labute approximate surface area is 135 Å². The van der Waals surface area contributed by atoms with E-state index in [0.717, 1.165) is 17.7 Å². The largest absolute Gasteiger partial charge is 0.573 e. The van der Waals surface area contributed by atoms with Crippen LogP contribution in [0.3, 0.4) is 0 Å². The Kier molecular flexibility index (Phi) is 5.33. The minimum absolute atomic E-state index is 0.223. The van der Waals surface area contributed by atoms with Gasteiger partial charge in [0.15, 0.2) is 0 Å². The first-order chi connectivity index (χ1) is 10.8. The lowest BCUT2D eigenvalue weighted by molar-refractivity contribution is -0.274. The summed E-state index contributed by atoms with van der Waals surface area (Å²) >= 11 is 5.96. The quantitative estimate of drug-likeness (QED) is 0.854. The number of hydrogen-bond donors (Lipinski definition) is 2. The Bertz CT molecular complexity index is 675. The Balaban J connectivity index is 1.87.